The molecule has 0 saturated carbocycles. The van der Waals surface area contributed by atoms with Gasteiger partial charge in [-0.3, -0.25) is 0 Å². The average molecular weight is 289 g/mol. The summed E-state index contributed by atoms with van der Waals surface area (Å²) in [6, 6.07) is 10.3. The molecule has 1 atom stereocenters. The van der Waals surface area contributed by atoms with E-state index in [9.17, 15) is 0 Å². The maximum atomic E-state index is 8.68. The van der Waals surface area contributed by atoms with Gasteiger partial charge in [-0.2, -0.15) is 0 Å². The molecule has 0 bridgehead atoms. The van der Waals surface area contributed by atoms with Crippen LogP contribution in [0.4, 0.5) is 0 Å². The van der Waals surface area contributed by atoms with Gasteiger partial charge in [0.25, 0.3) is 0 Å². The van der Waals surface area contributed by atoms with Crippen molar-refractivity contribution < 1.29 is 5.21 Å². The zero-order valence-electron chi connectivity index (χ0n) is 11.6. The third kappa shape index (κ3) is 3.37. The second-order valence-electron chi connectivity index (χ2n) is 4.74. The molecule has 0 aliphatic rings. The molecule has 0 aliphatic carbocycles. The van der Waals surface area contributed by atoms with Crippen molar-refractivity contribution in [3.05, 3.63) is 57.3 Å². The molecule has 0 fully saturated rings. The molecule has 106 valence electrons. The van der Waals surface area contributed by atoms with Crippen molar-refractivity contribution in [1.29, 1.82) is 0 Å². The standard InChI is InChI=1S/C15H19N3OS/c1-10-8-12(15(16)18-19)5-6-13(10)9-17-11(2)14-4-3-7-20-14/h3-8,11,17,19H,9H2,1-2H3,(H2,16,18)/t11-/m0/s1. The lowest BCUT2D eigenvalue weighted by Crippen LogP contribution is -2.18. The predicted octanol–water partition coefficient (Wildman–Crippen LogP) is 3.00. The first-order valence-corrected chi connectivity index (χ1v) is 7.34. The number of amidine groups is 1. The summed E-state index contributed by atoms with van der Waals surface area (Å²) in [7, 11) is 0. The topological polar surface area (TPSA) is 70.6 Å². The first-order chi connectivity index (χ1) is 9.61. The number of aryl methyl sites for hydroxylation is 1. The number of oxime groups is 1. The summed E-state index contributed by atoms with van der Waals surface area (Å²) in [5.41, 5.74) is 8.66. The second-order valence-corrected chi connectivity index (χ2v) is 5.72. The van der Waals surface area contributed by atoms with E-state index in [0.29, 0.717) is 6.04 Å². The molecule has 0 amide bonds. The summed E-state index contributed by atoms with van der Waals surface area (Å²) >= 11 is 1.76. The van der Waals surface area contributed by atoms with Gasteiger partial charge in [0.2, 0.25) is 0 Å². The highest BCUT2D eigenvalue weighted by atomic mass is 32.1. The predicted molar refractivity (Wildman–Crippen MR) is 83.3 cm³/mol. The molecule has 20 heavy (non-hydrogen) atoms. The number of nitrogens with one attached hydrogen (secondary N) is 1. The third-order valence-electron chi connectivity index (χ3n) is 3.31. The Labute approximate surface area is 122 Å². The van der Waals surface area contributed by atoms with Crippen LogP contribution in [0.2, 0.25) is 0 Å². The molecule has 0 radical (unpaired) electrons. The Morgan fingerprint density at radius 3 is 2.85 bits per heavy atom. The fraction of sp³-hybridized carbons (Fsp3) is 0.267. The zero-order valence-corrected chi connectivity index (χ0v) is 12.4. The van der Waals surface area contributed by atoms with E-state index in [1.807, 2.05) is 25.1 Å². The van der Waals surface area contributed by atoms with Crippen LogP contribution in [0.1, 0.15) is 34.5 Å². The van der Waals surface area contributed by atoms with Crippen LogP contribution in [0.3, 0.4) is 0 Å². The van der Waals surface area contributed by atoms with Gasteiger partial charge in [-0.1, -0.05) is 23.4 Å². The minimum absolute atomic E-state index is 0.138. The van der Waals surface area contributed by atoms with E-state index in [1.165, 1.54) is 10.4 Å². The molecule has 4 N–H and O–H groups in total. The van der Waals surface area contributed by atoms with Crippen LogP contribution in [0.25, 0.3) is 0 Å². The summed E-state index contributed by atoms with van der Waals surface area (Å²) in [5, 5.41) is 17.3. The van der Waals surface area contributed by atoms with E-state index in [0.717, 1.165) is 17.7 Å². The lowest BCUT2D eigenvalue weighted by molar-refractivity contribution is 0.318. The van der Waals surface area contributed by atoms with Gasteiger partial charge in [0.05, 0.1) is 0 Å². The summed E-state index contributed by atoms with van der Waals surface area (Å²) < 4.78 is 0. The molecule has 4 nitrogen and oxygen atoms in total. The Morgan fingerprint density at radius 2 is 2.25 bits per heavy atom. The highest BCUT2D eigenvalue weighted by molar-refractivity contribution is 7.10. The van der Waals surface area contributed by atoms with E-state index < -0.39 is 0 Å². The first kappa shape index (κ1) is 14.6. The maximum Gasteiger partial charge on any atom is 0.170 e. The highest BCUT2D eigenvalue weighted by Crippen LogP contribution is 2.19. The molecule has 0 saturated heterocycles. The van der Waals surface area contributed by atoms with Crippen molar-refractivity contribution in [3.63, 3.8) is 0 Å². The van der Waals surface area contributed by atoms with Crippen molar-refractivity contribution in [1.82, 2.24) is 5.32 Å². The minimum atomic E-state index is 0.138. The summed E-state index contributed by atoms with van der Waals surface area (Å²) in [5.74, 6) is 0.138. The van der Waals surface area contributed by atoms with Gasteiger partial charge in [-0.05, 0) is 42.5 Å². The number of thiophene rings is 1. The van der Waals surface area contributed by atoms with Gasteiger partial charge in [0.1, 0.15) is 0 Å². The summed E-state index contributed by atoms with van der Waals surface area (Å²) in [6.07, 6.45) is 0. The Bertz CT molecular complexity index is 593. The Hall–Kier alpha value is -1.85. The van der Waals surface area contributed by atoms with Crippen molar-refractivity contribution in [2.75, 3.05) is 0 Å². The number of nitrogens with zero attached hydrogens (tertiary/aromatic N) is 1. The van der Waals surface area contributed by atoms with Crippen LogP contribution in [0.5, 0.6) is 0 Å². The van der Waals surface area contributed by atoms with Crippen LogP contribution in [0.15, 0.2) is 40.9 Å². The average Bonchev–Trinajstić information content (AvgIpc) is 2.99. The number of benzene rings is 1. The van der Waals surface area contributed by atoms with Gasteiger partial charge in [-0.15, -0.1) is 11.3 Å². The summed E-state index contributed by atoms with van der Waals surface area (Å²) in [4.78, 5) is 1.33. The highest BCUT2D eigenvalue weighted by Gasteiger charge is 2.08. The Balaban J connectivity index is 2.03. The molecule has 0 unspecified atom stereocenters. The largest absolute Gasteiger partial charge is 0.409 e. The molecule has 5 heteroatoms. The number of rotatable bonds is 5. The van der Waals surface area contributed by atoms with E-state index in [4.69, 9.17) is 10.9 Å². The molecule has 2 rings (SSSR count). The van der Waals surface area contributed by atoms with E-state index in [2.05, 4.69) is 34.9 Å². The van der Waals surface area contributed by atoms with Gasteiger partial charge >= 0.3 is 0 Å². The number of hydrogen-bond donors (Lipinski definition) is 3. The molecule has 1 aromatic carbocycles. The fourth-order valence-electron chi connectivity index (χ4n) is 2.01. The van der Waals surface area contributed by atoms with E-state index in [-0.39, 0.29) is 5.84 Å². The maximum absolute atomic E-state index is 8.68. The van der Waals surface area contributed by atoms with Crippen molar-refractivity contribution in [2.24, 2.45) is 10.9 Å². The van der Waals surface area contributed by atoms with Crippen LogP contribution < -0.4 is 11.1 Å². The SMILES string of the molecule is Cc1cc(/C(N)=N/O)ccc1CN[C@@H](C)c1cccs1. The number of nitrogens with two attached hydrogens (primary N) is 1. The van der Waals surface area contributed by atoms with Crippen LogP contribution in [-0.4, -0.2) is 11.0 Å². The first-order valence-electron chi connectivity index (χ1n) is 6.46. The van der Waals surface area contributed by atoms with E-state index >= 15 is 0 Å². The lowest BCUT2D eigenvalue weighted by Gasteiger charge is -2.14. The second kappa shape index (κ2) is 6.54. The lowest BCUT2D eigenvalue weighted by atomic mass is 10.0. The van der Waals surface area contributed by atoms with E-state index in [1.54, 1.807) is 11.3 Å². The van der Waals surface area contributed by atoms with Crippen molar-refractivity contribution in [3.8, 4) is 0 Å². The Morgan fingerprint density at radius 1 is 1.45 bits per heavy atom. The summed E-state index contributed by atoms with van der Waals surface area (Å²) in [6.45, 7) is 4.98. The van der Waals surface area contributed by atoms with Crippen molar-refractivity contribution in [2.45, 2.75) is 26.4 Å². The van der Waals surface area contributed by atoms with Crippen LogP contribution in [0, 0.1) is 6.92 Å². The molecular formula is C15H19N3OS. The van der Waals surface area contributed by atoms with Crippen molar-refractivity contribution >= 4 is 17.2 Å². The van der Waals surface area contributed by atoms with Crippen LogP contribution in [-0.2, 0) is 6.54 Å². The molecule has 2 aromatic rings. The molecule has 0 aliphatic heterocycles. The monoisotopic (exact) mass is 289 g/mol. The normalized spacial score (nSPS) is 13.4. The van der Waals surface area contributed by atoms with Gasteiger partial charge in [0, 0.05) is 23.0 Å². The zero-order chi connectivity index (χ0) is 14.5. The fourth-order valence-corrected chi connectivity index (χ4v) is 2.77. The third-order valence-corrected chi connectivity index (χ3v) is 4.37. The van der Waals surface area contributed by atoms with Gasteiger partial charge < -0.3 is 16.3 Å². The van der Waals surface area contributed by atoms with Crippen LogP contribution >= 0.6 is 11.3 Å². The molecule has 1 aromatic heterocycles. The smallest absolute Gasteiger partial charge is 0.170 e. The molecule has 0 spiro atoms. The van der Waals surface area contributed by atoms with Gasteiger partial charge in [0.15, 0.2) is 5.84 Å². The molecule has 1 heterocycles. The number of hydrogen-bond acceptors (Lipinski definition) is 4. The molecular weight excluding hydrogens is 270 g/mol. The Kier molecular flexibility index (Phi) is 4.76. The quantitative estimate of drug-likeness (QED) is 0.343. The van der Waals surface area contributed by atoms with Gasteiger partial charge in [-0.25, -0.2) is 0 Å². The minimum Gasteiger partial charge on any atom is -0.409 e.